The Morgan fingerprint density at radius 3 is 2.67 bits per heavy atom. The Bertz CT molecular complexity index is 22.4. The monoisotopic (exact) mass is 127 g/mol. The number of nitrogens with one attached hydrogen (secondary N) is 1. The Kier molecular flexibility index (Phi) is 6.74. The van der Waals surface area contributed by atoms with Gasteiger partial charge in [0, 0.05) is 0 Å². The van der Waals surface area contributed by atoms with E-state index >= 15 is 0 Å². The Morgan fingerprint density at radius 1 is 1.67 bits per heavy atom. The third kappa shape index (κ3) is 3.02. The van der Waals surface area contributed by atoms with Gasteiger partial charge in [0.05, 0.1) is 0 Å². The molecule has 6 heavy (non-hydrogen) atoms. The normalized spacial score (nSPS) is 20.0. The maximum absolute atomic E-state index is 3.06. The van der Waals surface area contributed by atoms with E-state index in [1.807, 2.05) is 17.6 Å². The first-order valence-electron chi connectivity index (χ1n) is 1.67. The minimum atomic E-state index is 0. The number of hydrogen-bond donors (Lipinski definition) is 1. The van der Waals surface area contributed by atoms with Crippen LogP contribution < -0.4 is 56.7 Å². The Hall–Kier alpha value is 1.95. The molecule has 0 aromatic carbocycles. The second-order valence-corrected chi connectivity index (χ2v) is 1.92. The number of rotatable bonds is 0. The summed E-state index contributed by atoms with van der Waals surface area (Å²) in [5.41, 5.74) is 0. The van der Waals surface area contributed by atoms with Gasteiger partial charge in [0.2, 0.25) is 0 Å². The molecule has 0 amide bonds. The molecule has 3 heteroatoms. The molecule has 1 rings (SSSR count). The summed E-state index contributed by atoms with van der Waals surface area (Å²) >= 11 is 1.84. The summed E-state index contributed by atoms with van der Waals surface area (Å²) in [7, 11) is 0. The van der Waals surface area contributed by atoms with Crippen LogP contribution in [0.25, 0.3) is 0 Å². The second-order valence-electron chi connectivity index (χ2n) is 0.943. The van der Waals surface area contributed by atoms with E-state index in [-0.39, 0.29) is 51.4 Å². The molecule has 30 valence electrons. The van der Waals surface area contributed by atoms with Crippen LogP contribution >= 0.6 is 11.8 Å². The van der Waals surface area contributed by atoms with E-state index in [4.69, 9.17) is 0 Å². The minimum Gasteiger partial charge on any atom is -0.460 e. The number of hydrogen-bond acceptors (Lipinski definition) is 2. The quantitative estimate of drug-likeness (QED) is 0.284. The van der Waals surface area contributed by atoms with Gasteiger partial charge in [-0.05, 0) is 12.3 Å². The predicted octanol–water partition coefficient (Wildman–Crippen LogP) is -2.55. The topological polar surface area (TPSA) is 12.0 Å². The van der Waals surface area contributed by atoms with E-state index < -0.39 is 0 Å². The third-order valence-corrected chi connectivity index (χ3v) is 1.30. The fraction of sp³-hybridized carbons (Fsp3) is 0.667. The van der Waals surface area contributed by atoms with E-state index in [9.17, 15) is 0 Å². The molecule has 1 nitrogen and oxygen atoms in total. The van der Waals surface area contributed by atoms with Gasteiger partial charge in [0.1, 0.15) is 0 Å². The molecule has 1 heterocycles. The molecule has 1 saturated heterocycles. The van der Waals surface area contributed by atoms with Crippen LogP contribution in [0.15, 0.2) is 0 Å². The average Bonchev–Trinajstić information content (AvgIpc) is 1.76. The molecular weight excluding hydrogens is 121 g/mol. The molecule has 0 aromatic rings. The zero-order valence-electron chi connectivity index (χ0n) is 3.90. The summed E-state index contributed by atoms with van der Waals surface area (Å²) in [4.78, 5) is 0. The van der Waals surface area contributed by atoms with Crippen LogP contribution in [0.3, 0.4) is 0 Å². The first-order valence-corrected chi connectivity index (χ1v) is 2.72. The fourth-order valence-corrected chi connectivity index (χ4v) is 0.884. The predicted molar refractivity (Wildman–Crippen MR) is 24.8 cm³/mol. The molecule has 0 saturated carbocycles. The Morgan fingerprint density at radius 2 is 2.50 bits per heavy atom. The van der Waals surface area contributed by atoms with Gasteiger partial charge < -0.3 is 17.1 Å². The van der Waals surface area contributed by atoms with Gasteiger partial charge in [-0.15, -0.1) is 0 Å². The summed E-state index contributed by atoms with van der Waals surface area (Å²) < 4.78 is 0. The van der Waals surface area contributed by atoms with Crippen molar-refractivity contribution in [3.8, 4) is 0 Å². The second kappa shape index (κ2) is 5.09. The minimum absolute atomic E-state index is 0. The summed E-state index contributed by atoms with van der Waals surface area (Å²) in [6.45, 7) is 1.16. The van der Waals surface area contributed by atoms with Crippen molar-refractivity contribution in [1.82, 2.24) is 5.32 Å². The SMILES string of the molecule is [CH-]1NCCS1.[K+]. The van der Waals surface area contributed by atoms with Crippen molar-refractivity contribution in [2.24, 2.45) is 0 Å². The van der Waals surface area contributed by atoms with Gasteiger partial charge in [-0.2, -0.15) is 0 Å². The van der Waals surface area contributed by atoms with Crippen LogP contribution in [-0.2, 0) is 0 Å². The zero-order valence-corrected chi connectivity index (χ0v) is 7.84. The van der Waals surface area contributed by atoms with Crippen molar-refractivity contribution in [2.45, 2.75) is 0 Å². The summed E-state index contributed by atoms with van der Waals surface area (Å²) in [5, 5.41) is 3.06. The van der Waals surface area contributed by atoms with Crippen molar-refractivity contribution in [3.05, 3.63) is 5.88 Å². The molecular formula is C3H6KNS. The van der Waals surface area contributed by atoms with E-state index in [1.54, 1.807) is 0 Å². The van der Waals surface area contributed by atoms with Gasteiger partial charge in [-0.25, -0.2) is 5.88 Å². The molecule has 0 aliphatic carbocycles. The summed E-state index contributed by atoms with van der Waals surface area (Å²) in [6.07, 6.45) is 0. The van der Waals surface area contributed by atoms with E-state index in [1.165, 1.54) is 5.75 Å². The summed E-state index contributed by atoms with van der Waals surface area (Å²) in [6, 6.07) is 0. The van der Waals surface area contributed by atoms with Gasteiger partial charge in [0.25, 0.3) is 0 Å². The molecule has 1 aliphatic rings. The van der Waals surface area contributed by atoms with E-state index in [2.05, 4.69) is 5.32 Å². The summed E-state index contributed by atoms with van der Waals surface area (Å²) in [5.74, 6) is 3.28. The average molecular weight is 127 g/mol. The first kappa shape index (κ1) is 7.95. The van der Waals surface area contributed by atoms with Crippen LogP contribution in [0.4, 0.5) is 0 Å². The van der Waals surface area contributed by atoms with Crippen LogP contribution in [0.5, 0.6) is 0 Å². The molecule has 1 aliphatic heterocycles. The third-order valence-electron chi connectivity index (χ3n) is 0.531. The van der Waals surface area contributed by atoms with E-state index in [0.717, 1.165) is 6.54 Å². The van der Waals surface area contributed by atoms with Gasteiger partial charge in [-0.1, -0.05) is 0 Å². The van der Waals surface area contributed by atoms with Gasteiger partial charge in [0.15, 0.2) is 0 Å². The molecule has 0 bridgehead atoms. The van der Waals surface area contributed by atoms with Crippen molar-refractivity contribution < 1.29 is 51.4 Å². The van der Waals surface area contributed by atoms with Gasteiger partial charge in [-0.3, -0.25) is 0 Å². The van der Waals surface area contributed by atoms with Crippen LogP contribution in [-0.4, -0.2) is 12.3 Å². The van der Waals surface area contributed by atoms with Crippen LogP contribution in [0.2, 0.25) is 0 Å². The smallest absolute Gasteiger partial charge is 0.460 e. The van der Waals surface area contributed by atoms with Crippen molar-refractivity contribution in [1.29, 1.82) is 0 Å². The van der Waals surface area contributed by atoms with Gasteiger partial charge >= 0.3 is 51.4 Å². The Labute approximate surface area is 85.1 Å². The van der Waals surface area contributed by atoms with Crippen LogP contribution in [0, 0.1) is 5.88 Å². The fourth-order valence-electron chi connectivity index (χ4n) is 0.295. The first-order chi connectivity index (χ1) is 2.50. The molecule has 1 fully saturated rings. The number of thioether (sulfide) groups is 1. The van der Waals surface area contributed by atoms with Crippen molar-refractivity contribution >= 4 is 11.8 Å². The van der Waals surface area contributed by atoms with Crippen molar-refractivity contribution in [2.75, 3.05) is 12.3 Å². The van der Waals surface area contributed by atoms with Crippen LogP contribution in [0.1, 0.15) is 0 Å². The molecule has 1 N–H and O–H groups in total. The van der Waals surface area contributed by atoms with E-state index in [0.29, 0.717) is 0 Å². The molecule has 0 aromatic heterocycles. The molecule has 0 atom stereocenters. The molecule has 0 unspecified atom stereocenters. The molecule has 0 radical (unpaired) electrons. The maximum atomic E-state index is 3.06. The standard InChI is InChI=1S/C3H6NS.K/c1-2-5-3-4-1;/h3-4H,1-2H2;/q-1;+1. The Balaban J connectivity index is 0.000000250. The molecule has 0 spiro atoms. The van der Waals surface area contributed by atoms with Crippen molar-refractivity contribution in [3.63, 3.8) is 0 Å². The zero-order chi connectivity index (χ0) is 3.54. The largest absolute Gasteiger partial charge is 1.00 e. The maximum Gasteiger partial charge on any atom is 1.00 e.